The van der Waals surface area contributed by atoms with Crippen molar-refractivity contribution in [3.63, 3.8) is 0 Å². The van der Waals surface area contributed by atoms with Crippen LogP contribution >= 0.6 is 0 Å². The number of hydrogen-bond donors (Lipinski definition) is 2. The molecule has 3 rings (SSSR count). The minimum Gasteiger partial charge on any atom is -0.406 e. The molecule has 1 unspecified atom stereocenters. The van der Waals surface area contributed by atoms with E-state index in [9.17, 15) is 18.3 Å². The third-order valence-corrected chi connectivity index (χ3v) is 3.12. The molecule has 9 heteroatoms. The third kappa shape index (κ3) is 3.57. The lowest BCUT2D eigenvalue weighted by Crippen LogP contribution is -2.16. The Morgan fingerprint density at radius 3 is 2.54 bits per heavy atom. The van der Waals surface area contributed by atoms with Gasteiger partial charge in [-0.15, -0.1) is 13.2 Å². The van der Waals surface area contributed by atoms with Crippen molar-refractivity contribution in [2.24, 2.45) is 0 Å². The average Bonchev–Trinajstić information content (AvgIpc) is 2.89. The highest BCUT2D eigenvalue weighted by molar-refractivity contribution is 5.77. The molecule has 0 bridgehead atoms. The van der Waals surface area contributed by atoms with E-state index >= 15 is 0 Å². The lowest BCUT2D eigenvalue weighted by Gasteiger charge is -2.09. The normalized spacial score (nSPS) is 13.0. The Balaban J connectivity index is 1.94. The van der Waals surface area contributed by atoms with Crippen molar-refractivity contribution in [1.29, 1.82) is 0 Å². The number of benzene rings is 1. The van der Waals surface area contributed by atoms with Crippen molar-refractivity contribution in [2.75, 3.05) is 5.32 Å². The summed E-state index contributed by atoms with van der Waals surface area (Å²) in [5.41, 5.74) is 1.79. The summed E-state index contributed by atoms with van der Waals surface area (Å²) in [5, 5.41) is 16.3. The van der Waals surface area contributed by atoms with E-state index in [-0.39, 0.29) is 5.75 Å². The van der Waals surface area contributed by atoms with Gasteiger partial charge in [-0.2, -0.15) is 5.10 Å². The first-order valence-electron chi connectivity index (χ1n) is 6.97. The van der Waals surface area contributed by atoms with E-state index < -0.39 is 12.6 Å². The quantitative estimate of drug-likeness (QED) is 0.716. The number of hydrogen-bond acceptors (Lipinski definition) is 5. The van der Waals surface area contributed by atoms with Gasteiger partial charge in [-0.25, -0.2) is 9.50 Å². The summed E-state index contributed by atoms with van der Waals surface area (Å²) >= 11 is 0. The number of aliphatic hydroxyl groups is 1. The van der Waals surface area contributed by atoms with Crippen LogP contribution in [0.4, 0.5) is 19.0 Å². The first-order valence-corrected chi connectivity index (χ1v) is 6.97. The van der Waals surface area contributed by atoms with Crippen LogP contribution in [0.15, 0.2) is 42.7 Å². The molecule has 2 N–H and O–H groups in total. The van der Waals surface area contributed by atoms with Gasteiger partial charge in [-0.1, -0.05) is 12.1 Å². The molecule has 2 aromatic heterocycles. The maximum Gasteiger partial charge on any atom is 0.573 e. The zero-order chi connectivity index (χ0) is 17.3. The molecule has 0 aliphatic heterocycles. The Kier molecular flexibility index (Phi) is 4.02. The van der Waals surface area contributed by atoms with E-state index in [0.717, 1.165) is 0 Å². The van der Waals surface area contributed by atoms with E-state index in [1.807, 2.05) is 0 Å². The van der Waals surface area contributed by atoms with E-state index in [1.54, 1.807) is 25.4 Å². The minimum absolute atomic E-state index is 0.299. The van der Waals surface area contributed by atoms with Gasteiger partial charge in [0.1, 0.15) is 17.8 Å². The van der Waals surface area contributed by atoms with Crippen molar-refractivity contribution in [3.8, 4) is 16.9 Å². The number of aromatic nitrogens is 3. The molecule has 2 heterocycles. The molecule has 0 aliphatic rings. The van der Waals surface area contributed by atoms with Crippen LogP contribution in [-0.2, 0) is 0 Å². The lowest BCUT2D eigenvalue weighted by atomic mass is 10.1. The summed E-state index contributed by atoms with van der Waals surface area (Å²) in [6.07, 6.45) is -2.27. The first kappa shape index (κ1) is 16.1. The molecule has 0 fully saturated rings. The van der Waals surface area contributed by atoms with Crippen molar-refractivity contribution in [3.05, 3.63) is 42.7 Å². The fourth-order valence-corrected chi connectivity index (χ4v) is 2.20. The fourth-order valence-electron chi connectivity index (χ4n) is 2.20. The monoisotopic (exact) mass is 338 g/mol. The Morgan fingerprint density at radius 2 is 1.92 bits per heavy atom. The van der Waals surface area contributed by atoms with E-state index in [4.69, 9.17) is 0 Å². The fraction of sp³-hybridized carbons (Fsp3) is 0.200. The molecule has 1 atom stereocenters. The summed E-state index contributed by atoms with van der Waals surface area (Å²) in [7, 11) is 0. The molecule has 3 aromatic rings. The van der Waals surface area contributed by atoms with Gasteiger partial charge in [-0.3, -0.25) is 0 Å². The molecule has 0 saturated heterocycles. The summed E-state index contributed by atoms with van der Waals surface area (Å²) in [5.74, 6) is 0.156. The van der Waals surface area contributed by atoms with Crippen LogP contribution in [0, 0.1) is 0 Å². The van der Waals surface area contributed by atoms with Crippen molar-refractivity contribution >= 4 is 11.5 Å². The average molecular weight is 338 g/mol. The number of alkyl halides is 3. The Morgan fingerprint density at radius 1 is 1.21 bits per heavy atom. The molecular formula is C15H13F3N4O2. The maximum atomic E-state index is 12.2. The van der Waals surface area contributed by atoms with Gasteiger partial charge in [0.05, 0.1) is 6.20 Å². The van der Waals surface area contributed by atoms with E-state index in [0.29, 0.717) is 22.6 Å². The zero-order valence-electron chi connectivity index (χ0n) is 12.4. The number of fused-ring (bicyclic) bond motifs is 1. The van der Waals surface area contributed by atoms with Gasteiger partial charge in [0, 0.05) is 11.8 Å². The second-order valence-electron chi connectivity index (χ2n) is 5.03. The molecule has 0 spiro atoms. The number of nitrogens with zero attached hydrogens (tertiary/aromatic N) is 3. The number of halogens is 3. The summed E-state index contributed by atoms with van der Waals surface area (Å²) in [6.45, 7) is 1.56. The van der Waals surface area contributed by atoms with Crippen LogP contribution in [0.3, 0.4) is 0 Å². The Hall–Kier alpha value is -2.81. The molecule has 0 radical (unpaired) electrons. The lowest BCUT2D eigenvalue weighted by molar-refractivity contribution is -0.274. The van der Waals surface area contributed by atoms with Gasteiger partial charge >= 0.3 is 6.36 Å². The van der Waals surface area contributed by atoms with Gasteiger partial charge < -0.3 is 15.2 Å². The molecule has 0 aliphatic carbocycles. The van der Waals surface area contributed by atoms with Crippen LogP contribution in [0.5, 0.6) is 5.75 Å². The van der Waals surface area contributed by atoms with Crippen LogP contribution < -0.4 is 10.1 Å². The van der Waals surface area contributed by atoms with Crippen LogP contribution in [0.25, 0.3) is 16.8 Å². The number of anilines is 1. The second kappa shape index (κ2) is 6.00. The Bertz CT molecular complexity index is 844. The maximum absolute atomic E-state index is 12.2. The van der Waals surface area contributed by atoms with Crippen LogP contribution in [0.1, 0.15) is 6.92 Å². The molecular weight excluding hydrogens is 325 g/mol. The molecule has 0 amide bonds. The van der Waals surface area contributed by atoms with Crippen LogP contribution in [-0.4, -0.2) is 32.3 Å². The molecule has 126 valence electrons. The van der Waals surface area contributed by atoms with Gasteiger partial charge in [0.25, 0.3) is 0 Å². The molecule has 6 nitrogen and oxygen atoms in total. The van der Waals surface area contributed by atoms with Crippen LogP contribution in [0.2, 0.25) is 0 Å². The standard InChI is InChI=1S/C15H13F3N4O2/c1-9(23)20-13-6-7-22-14(21-13)12(8-19-22)10-2-4-11(5-3-10)24-15(16,17)18/h2-9,23H,1H3,(H,20,21). The highest BCUT2D eigenvalue weighted by Crippen LogP contribution is 2.28. The van der Waals surface area contributed by atoms with Gasteiger partial charge in [0.2, 0.25) is 0 Å². The second-order valence-corrected chi connectivity index (χ2v) is 5.03. The molecule has 0 saturated carbocycles. The summed E-state index contributed by atoms with van der Waals surface area (Å²) < 4.78 is 42.0. The smallest absolute Gasteiger partial charge is 0.406 e. The van der Waals surface area contributed by atoms with Gasteiger partial charge in [-0.05, 0) is 30.7 Å². The number of aliphatic hydroxyl groups excluding tert-OH is 1. The highest BCUT2D eigenvalue weighted by atomic mass is 19.4. The Labute approximate surface area is 134 Å². The zero-order valence-corrected chi connectivity index (χ0v) is 12.4. The summed E-state index contributed by atoms with van der Waals surface area (Å²) in [6, 6.07) is 7.09. The number of rotatable bonds is 4. The predicted octanol–water partition coefficient (Wildman–Crippen LogP) is 3.05. The third-order valence-electron chi connectivity index (χ3n) is 3.12. The molecule has 24 heavy (non-hydrogen) atoms. The summed E-state index contributed by atoms with van der Waals surface area (Å²) in [4.78, 5) is 4.35. The van der Waals surface area contributed by atoms with Gasteiger partial charge in [0.15, 0.2) is 5.65 Å². The molecule has 1 aromatic carbocycles. The van der Waals surface area contributed by atoms with E-state index in [2.05, 4.69) is 20.1 Å². The SMILES string of the molecule is CC(O)Nc1ccn2ncc(-c3ccc(OC(F)(F)F)cc3)c2n1. The largest absolute Gasteiger partial charge is 0.573 e. The minimum atomic E-state index is -4.73. The number of ether oxygens (including phenoxy) is 1. The topological polar surface area (TPSA) is 71.7 Å². The van der Waals surface area contributed by atoms with Crippen molar-refractivity contribution in [2.45, 2.75) is 19.5 Å². The first-order chi connectivity index (χ1) is 11.3. The highest BCUT2D eigenvalue weighted by Gasteiger charge is 2.31. The van der Waals surface area contributed by atoms with Crippen molar-refractivity contribution < 1.29 is 23.0 Å². The van der Waals surface area contributed by atoms with E-state index in [1.165, 1.54) is 28.8 Å². The predicted molar refractivity (Wildman–Crippen MR) is 80.4 cm³/mol. The van der Waals surface area contributed by atoms with Crippen molar-refractivity contribution in [1.82, 2.24) is 14.6 Å². The number of nitrogens with one attached hydrogen (secondary N) is 1.